The van der Waals surface area contributed by atoms with Crippen LogP contribution < -0.4 is 5.32 Å². The second-order valence-corrected chi connectivity index (χ2v) is 8.66. The first-order valence-corrected chi connectivity index (χ1v) is 10.1. The van der Waals surface area contributed by atoms with Crippen molar-refractivity contribution in [3.8, 4) is 0 Å². The third-order valence-corrected chi connectivity index (χ3v) is 6.56. The van der Waals surface area contributed by atoms with Crippen molar-refractivity contribution in [2.45, 2.75) is 4.90 Å². The van der Waals surface area contributed by atoms with Gasteiger partial charge in [-0.2, -0.15) is 4.31 Å². The molecule has 0 aromatic heterocycles. The van der Waals surface area contributed by atoms with Crippen LogP contribution in [-0.4, -0.2) is 56.8 Å². The van der Waals surface area contributed by atoms with Gasteiger partial charge in [-0.05, 0) is 43.4 Å². The Kier molecular flexibility index (Phi) is 5.81. The van der Waals surface area contributed by atoms with Crippen molar-refractivity contribution in [2.75, 3.05) is 38.5 Å². The summed E-state index contributed by atoms with van der Waals surface area (Å²) in [6.45, 7) is 2.13. The minimum absolute atomic E-state index is 0.0665. The maximum atomic E-state index is 13.2. The number of anilines is 1. The molecule has 0 atom stereocenters. The van der Waals surface area contributed by atoms with Crippen LogP contribution in [0, 0.1) is 5.82 Å². The summed E-state index contributed by atoms with van der Waals surface area (Å²) in [6, 6.07) is 9.67. The van der Waals surface area contributed by atoms with E-state index in [0.717, 1.165) is 6.07 Å². The molecular formula is C18H19ClFN3O3S. The Bertz CT molecular complexity index is 960. The molecule has 2 aromatic carbocycles. The van der Waals surface area contributed by atoms with Crippen LogP contribution in [0.4, 0.5) is 10.1 Å². The molecule has 2 aromatic rings. The van der Waals surface area contributed by atoms with Crippen molar-refractivity contribution in [2.24, 2.45) is 0 Å². The van der Waals surface area contributed by atoms with Crippen molar-refractivity contribution in [3.05, 3.63) is 58.9 Å². The van der Waals surface area contributed by atoms with Crippen molar-refractivity contribution in [1.29, 1.82) is 0 Å². The summed E-state index contributed by atoms with van der Waals surface area (Å²) >= 11 is 5.71. The first-order valence-electron chi connectivity index (χ1n) is 8.32. The number of likely N-dealkylation sites (N-methyl/N-ethyl adjacent to an activating group) is 1. The van der Waals surface area contributed by atoms with Crippen LogP contribution in [0.15, 0.2) is 47.4 Å². The van der Waals surface area contributed by atoms with Gasteiger partial charge in [0.2, 0.25) is 10.0 Å². The normalized spacial score (nSPS) is 16.3. The van der Waals surface area contributed by atoms with E-state index in [1.807, 2.05) is 7.05 Å². The van der Waals surface area contributed by atoms with Gasteiger partial charge in [-0.25, -0.2) is 12.8 Å². The van der Waals surface area contributed by atoms with E-state index in [4.69, 9.17) is 11.6 Å². The van der Waals surface area contributed by atoms with E-state index in [9.17, 15) is 17.6 Å². The Labute approximate surface area is 162 Å². The number of carbonyl (C=O) groups excluding carboxylic acids is 1. The number of sulfonamides is 1. The Morgan fingerprint density at radius 3 is 2.48 bits per heavy atom. The summed E-state index contributed by atoms with van der Waals surface area (Å²) in [5, 5.41) is 2.47. The van der Waals surface area contributed by atoms with Crippen LogP contribution in [0.5, 0.6) is 0 Å². The molecule has 1 N–H and O–H groups in total. The Balaban J connectivity index is 1.80. The number of piperazine rings is 1. The molecule has 0 aliphatic carbocycles. The SMILES string of the molecule is CN1CCN(S(=O)(=O)c2cccc(C(=O)Nc3ccc(F)c(Cl)c3)c2)CC1. The summed E-state index contributed by atoms with van der Waals surface area (Å²) in [6.07, 6.45) is 0. The molecular weight excluding hydrogens is 393 g/mol. The number of nitrogens with zero attached hydrogens (tertiary/aromatic N) is 2. The molecule has 27 heavy (non-hydrogen) atoms. The molecule has 0 bridgehead atoms. The van der Waals surface area contributed by atoms with Gasteiger partial charge >= 0.3 is 0 Å². The Morgan fingerprint density at radius 2 is 1.81 bits per heavy atom. The van der Waals surface area contributed by atoms with Crippen LogP contribution in [-0.2, 0) is 10.0 Å². The number of benzene rings is 2. The topological polar surface area (TPSA) is 69.7 Å². The molecule has 3 rings (SSSR count). The highest BCUT2D eigenvalue weighted by molar-refractivity contribution is 7.89. The fraction of sp³-hybridized carbons (Fsp3) is 0.278. The maximum Gasteiger partial charge on any atom is 0.255 e. The number of hydrogen-bond donors (Lipinski definition) is 1. The van der Waals surface area contributed by atoms with Gasteiger partial charge in [0, 0.05) is 37.4 Å². The summed E-state index contributed by atoms with van der Waals surface area (Å²) in [4.78, 5) is 14.6. The minimum Gasteiger partial charge on any atom is -0.322 e. The molecule has 1 heterocycles. The molecule has 0 saturated carbocycles. The summed E-state index contributed by atoms with van der Waals surface area (Å²) in [7, 11) is -1.73. The fourth-order valence-electron chi connectivity index (χ4n) is 2.75. The van der Waals surface area contributed by atoms with E-state index in [2.05, 4.69) is 10.2 Å². The largest absolute Gasteiger partial charge is 0.322 e. The molecule has 0 radical (unpaired) electrons. The summed E-state index contributed by atoms with van der Waals surface area (Å²) in [5.41, 5.74) is 0.504. The van der Waals surface area contributed by atoms with E-state index in [-0.39, 0.29) is 15.5 Å². The van der Waals surface area contributed by atoms with Gasteiger partial charge in [0.25, 0.3) is 5.91 Å². The second kappa shape index (κ2) is 7.93. The molecule has 9 heteroatoms. The Morgan fingerprint density at radius 1 is 1.11 bits per heavy atom. The quantitative estimate of drug-likeness (QED) is 0.839. The third-order valence-electron chi connectivity index (χ3n) is 4.37. The predicted molar refractivity (Wildman–Crippen MR) is 102 cm³/mol. The highest BCUT2D eigenvalue weighted by Gasteiger charge is 2.27. The molecule has 1 fully saturated rings. The zero-order chi connectivity index (χ0) is 19.6. The first-order chi connectivity index (χ1) is 12.8. The lowest BCUT2D eigenvalue weighted by Crippen LogP contribution is -2.47. The fourth-order valence-corrected chi connectivity index (χ4v) is 4.40. The van der Waals surface area contributed by atoms with Crippen molar-refractivity contribution in [3.63, 3.8) is 0 Å². The number of hydrogen-bond acceptors (Lipinski definition) is 4. The molecule has 1 saturated heterocycles. The van der Waals surface area contributed by atoms with E-state index in [0.29, 0.717) is 31.9 Å². The van der Waals surface area contributed by atoms with Gasteiger partial charge in [0.1, 0.15) is 5.82 Å². The zero-order valence-corrected chi connectivity index (χ0v) is 16.2. The standard InChI is InChI=1S/C18H19ClFN3O3S/c1-22-7-9-23(10-8-22)27(25,26)15-4-2-3-13(11-15)18(24)21-14-5-6-17(20)16(19)12-14/h2-6,11-12H,7-10H2,1H3,(H,21,24). The molecule has 0 spiro atoms. The van der Waals surface area contributed by atoms with Crippen LogP contribution in [0.2, 0.25) is 5.02 Å². The van der Waals surface area contributed by atoms with E-state index in [1.54, 1.807) is 0 Å². The lowest BCUT2D eigenvalue weighted by atomic mass is 10.2. The number of carbonyl (C=O) groups is 1. The number of nitrogens with one attached hydrogen (secondary N) is 1. The number of amides is 1. The van der Waals surface area contributed by atoms with Gasteiger partial charge in [-0.15, -0.1) is 0 Å². The van der Waals surface area contributed by atoms with Gasteiger partial charge in [-0.3, -0.25) is 4.79 Å². The predicted octanol–water partition coefficient (Wildman–Crippen LogP) is 2.67. The smallest absolute Gasteiger partial charge is 0.255 e. The molecule has 144 valence electrons. The van der Waals surface area contributed by atoms with E-state index >= 15 is 0 Å². The Hall–Kier alpha value is -2.00. The van der Waals surface area contributed by atoms with Crippen LogP contribution in [0.3, 0.4) is 0 Å². The van der Waals surface area contributed by atoms with Crippen molar-refractivity contribution < 1.29 is 17.6 Å². The van der Waals surface area contributed by atoms with Crippen molar-refractivity contribution in [1.82, 2.24) is 9.21 Å². The summed E-state index contributed by atoms with van der Waals surface area (Å²) < 4.78 is 40.3. The van der Waals surface area contributed by atoms with Crippen LogP contribution in [0.25, 0.3) is 0 Å². The lowest BCUT2D eigenvalue weighted by molar-refractivity contribution is 0.102. The highest BCUT2D eigenvalue weighted by Crippen LogP contribution is 2.22. The zero-order valence-electron chi connectivity index (χ0n) is 14.7. The maximum absolute atomic E-state index is 13.2. The van der Waals surface area contributed by atoms with Gasteiger partial charge in [-0.1, -0.05) is 17.7 Å². The molecule has 1 aliphatic rings. The van der Waals surface area contributed by atoms with Crippen molar-refractivity contribution >= 4 is 33.2 Å². The van der Waals surface area contributed by atoms with Gasteiger partial charge in [0.05, 0.1) is 9.92 Å². The monoisotopic (exact) mass is 411 g/mol. The summed E-state index contributed by atoms with van der Waals surface area (Å²) in [5.74, 6) is -1.09. The van der Waals surface area contributed by atoms with E-state index < -0.39 is 21.7 Å². The lowest BCUT2D eigenvalue weighted by Gasteiger charge is -2.31. The molecule has 1 amide bonds. The average Bonchev–Trinajstić information content (AvgIpc) is 2.65. The van der Waals surface area contributed by atoms with Gasteiger partial charge in [0.15, 0.2) is 0 Å². The van der Waals surface area contributed by atoms with Crippen LogP contribution in [0.1, 0.15) is 10.4 Å². The average molecular weight is 412 g/mol. The third kappa shape index (κ3) is 4.47. The molecule has 6 nitrogen and oxygen atoms in total. The van der Waals surface area contributed by atoms with Gasteiger partial charge < -0.3 is 10.2 Å². The van der Waals surface area contributed by atoms with E-state index in [1.165, 1.54) is 40.7 Å². The van der Waals surface area contributed by atoms with Crippen LogP contribution >= 0.6 is 11.6 Å². The molecule has 0 unspecified atom stereocenters. The highest BCUT2D eigenvalue weighted by atomic mass is 35.5. The number of halogens is 2. The first kappa shape index (κ1) is 19.8. The number of rotatable bonds is 4. The second-order valence-electron chi connectivity index (χ2n) is 6.32. The molecule has 1 aliphatic heterocycles. The minimum atomic E-state index is -3.67.